The smallest absolute Gasteiger partial charge is 0.257 e. The van der Waals surface area contributed by atoms with E-state index in [9.17, 15) is 9.59 Å². The van der Waals surface area contributed by atoms with Gasteiger partial charge in [0.25, 0.3) is 5.91 Å². The zero-order chi connectivity index (χ0) is 18.7. The second kappa shape index (κ2) is 7.82. The Balaban J connectivity index is 1.47. The van der Waals surface area contributed by atoms with Crippen molar-refractivity contribution in [2.24, 2.45) is 11.3 Å². The first-order valence-corrected chi connectivity index (χ1v) is 9.68. The van der Waals surface area contributed by atoms with Gasteiger partial charge in [0.1, 0.15) is 6.26 Å². The lowest BCUT2D eigenvalue weighted by molar-refractivity contribution is -0.126. The molecule has 26 heavy (non-hydrogen) atoms. The highest BCUT2D eigenvalue weighted by Crippen LogP contribution is 2.34. The van der Waals surface area contributed by atoms with E-state index in [4.69, 9.17) is 4.42 Å². The number of piperidine rings is 2. The minimum Gasteiger partial charge on any atom is -0.472 e. The van der Waals surface area contributed by atoms with Crippen molar-refractivity contribution in [3.05, 3.63) is 24.2 Å². The van der Waals surface area contributed by atoms with Gasteiger partial charge in [0.2, 0.25) is 5.91 Å². The number of rotatable bonds is 4. The Labute approximate surface area is 155 Å². The van der Waals surface area contributed by atoms with Crippen molar-refractivity contribution in [1.29, 1.82) is 0 Å². The molecule has 2 saturated heterocycles. The molecule has 2 aliphatic heterocycles. The second-order valence-corrected chi connectivity index (χ2v) is 8.41. The van der Waals surface area contributed by atoms with Crippen molar-refractivity contribution in [3.8, 4) is 0 Å². The van der Waals surface area contributed by atoms with E-state index in [-0.39, 0.29) is 23.1 Å². The molecule has 0 aromatic carbocycles. The van der Waals surface area contributed by atoms with Crippen LogP contribution in [0.25, 0.3) is 0 Å². The maximum Gasteiger partial charge on any atom is 0.257 e. The Morgan fingerprint density at radius 2 is 2.00 bits per heavy atom. The van der Waals surface area contributed by atoms with E-state index in [2.05, 4.69) is 31.1 Å². The van der Waals surface area contributed by atoms with Crippen molar-refractivity contribution in [3.63, 3.8) is 0 Å². The molecule has 3 heterocycles. The van der Waals surface area contributed by atoms with Gasteiger partial charge in [-0.1, -0.05) is 13.8 Å². The lowest BCUT2D eigenvalue weighted by Gasteiger charge is -2.45. The van der Waals surface area contributed by atoms with E-state index in [0.717, 1.165) is 19.4 Å². The van der Waals surface area contributed by atoms with E-state index in [1.165, 1.54) is 25.4 Å². The van der Waals surface area contributed by atoms with Crippen LogP contribution < -0.4 is 5.32 Å². The number of nitrogens with one attached hydrogen (secondary N) is 1. The molecule has 0 radical (unpaired) electrons. The molecule has 1 atom stereocenters. The van der Waals surface area contributed by atoms with Crippen LogP contribution in [0.2, 0.25) is 0 Å². The summed E-state index contributed by atoms with van der Waals surface area (Å²) >= 11 is 0. The number of nitrogens with zero attached hydrogens (tertiary/aromatic N) is 2. The molecular weight excluding hydrogens is 330 g/mol. The quantitative estimate of drug-likeness (QED) is 0.894. The van der Waals surface area contributed by atoms with Crippen LogP contribution in [0.15, 0.2) is 23.0 Å². The third kappa shape index (κ3) is 4.11. The Bertz CT molecular complexity index is 618. The number of hydrogen-bond acceptors (Lipinski definition) is 4. The number of carbonyl (C=O) groups is 2. The second-order valence-electron chi connectivity index (χ2n) is 8.41. The number of carbonyl (C=O) groups excluding carboxylic acids is 2. The summed E-state index contributed by atoms with van der Waals surface area (Å²) in [5.74, 6) is 0.124. The summed E-state index contributed by atoms with van der Waals surface area (Å²) in [6, 6.07) is 2.06. The van der Waals surface area contributed by atoms with E-state index in [0.29, 0.717) is 31.2 Å². The summed E-state index contributed by atoms with van der Waals surface area (Å²) in [6.45, 7) is 7.63. The summed E-state index contributed by atoms with van der Waals surface area (Å²) in [5, 5.41) is 3.18. The summed E-state index contributed by atoms with van der Waals surface area (Å²) < 4.78 is 4.99. The fourth-order valence-electron chi connectivity index (χ4n) is 4.39. The van der Waals surface area contributed by atoms with Gasteiger partial charge in [-0.25, -0.2) is 0 Å². The lowest BCUT2D eigenvalue weighted by atomic mass is 9.76. The number of likely N-dealkylation sites (N-methyl/N-ethyl adjacent to an activating group) is 1. The van der Waals surface area contributed by atoms with Crippen molar-refractivity contribution in [2.45, 2.75) is 45.6 Å². The highest BCUT2D eigenvalue weighted by molar-refractivity contribution is 5.94. The predicted molar refractivity (Wildman–Crippen MR) is 99.8 cm³/mol. The molecule has 2 amide bonds. The number of hydrogen-bond donors (Lipinski definition) is 1. The van der Waals surface area contributed by atoms with Crippen LogP contribution >= 0.6 is 0 Å². The van der Waals surface area contributed by atoms with Gasteiger partial charge in [0.05, 0.1) is 11.8 Å². The average molecular weight is 361 g/mol. The first kappa shape index (κ1) is 19.0. The first-order valence-electron chi connectivity index (χ1n) is 9.68. The SMILES string of the molecule is CN1CCCC(C)(C)C1CNC(=O)C1CCN(C(=O)c2ccoc2)CC1. The van der Waals surface area contributed by atoms with Gasteiger partial charge in [-0.15, -0.1) is 0 Å². The van der Waals surface area contributed by atoms with Crippen molar-refractivity contribution < 1.29 is 14.0 Å². The molecule has 0 spiro atoms. The maximum absolute atomic E-state index is 12.6. The number of amides is 2. The van der Waals surface area contributed by atoms with Gasteiger partial charge < -0.3 is 19.5 Å². The molecule has 0 aliphatic carbocycles. The van der Waals surface area contributed by atoms with Crippen LogP contribution in [-0.2, 0) is 4.79 Å². The molecule has 6 nitrogen and oxygen atoms in total. The van der Waals surface area contributed by atoms with E-state index in [1.807, 2.05) is 4.90 Å². The fourth-order valence-corrected chi connectivity index (χ4v) is 4.39. The van der Waals surface area contributed by atoms with Gasteiger partial charge in [0, 0.05) is 31.6 Å². The van der Waals surface area contributed by atoms with Crippen LogP contribution in [0.4, 0.5) is 0 Å². The molecule has 1 unspecified atom stereocenters. The van der Waals surface area contributed by atoms with Crippen LogP contribution in [0.5, 0.6) is 0 Å². The van der Waals surface area contributed by atoms with Crippen LogP contribution in [0.3, 0.4) is 0 Å². The molecule has 0 bridgehead atoms. The number of furan rings is 1. The summed E-state index contributed by atoms with van der Waals surface area (Å²) in [4.78, 5) is 29.1. The largest absolute Gasteiger partial charge is 0.472 e. The molecule has 1 N–H and O–H groups in total. The van der Waals surface area contributed by atoms with E-state index in [1.54, 1.807) is 6.07 Å². The van der Waals surface area contributed by atoms with Crippen LogP contribution in [0.1, 0.15) is 49.9 Å². The van der Waals surface area contributed by atoms with Gasteiger partial charge in [-0.3, -0.25) is 9.59 Å². The standard InChI is InChI=1S/C20H31N3O3/c1-20(2)8-4-9-22(3)17(20)13-21-18(24)15-5-10-23(11-6-15)19(25)16-7-12-26-14-16/h7,12,14-15,17H,4-6,8-11,13H2,1-3H3,(H,21,24). The van der Waals surface area contributed by atoms with Gasteiger partial charge >= 0.3 is 0 Å². The van der Waals surface area contributed by atoms with Gasteiger partial charge in [0.15, 0.2) is 0 Å². The molecule has 1 aromatic heterocycles. The monoisotopic (exact) mass is 361 g/mol. The minimum atomic E-state index is -0.0109. The Morgan fingerprint density at radius 1 is 1.27 bits per heavy atom. The lowest BCUT2D eigenvalue weighted by Crippen LogP contribution is -2.54. The topological polar surface area (TPSA) is 65.8 Å². The molecule has 3 rings (SSSR count). The summed E-state index contributed by atoms with van der Waals surface area (Å²) in [7, 11) is 2.15. The Kier molecular flexibility index (Phi) is 5.70. The Morgan fingerprint density at radius 3 is 2.62 bits per heavy atom. The molecule has 1 aromatic rings. The summed E-state index contributed by atoms with van der Waals surface area (Å²) in [6.07, 6.45) is 6.85. The maximum atomic E-state index is 12.6. The minimum absolute atomic E-state index is 0.000378. The Hall–Kier alpha value is -1.82. The third-order valence-electron chi connectivity index (χ3n) is 6.16. The zero-order valence-electron chi connectivity index (χ0n) is 16.2. The van der Waals surface area contributed by atoms with E-state index >= 15 is 0 Å². The molecule has 0 saturated carbocycles. The zero-order valence-corrected chi connectivity index (χ0v) is 16.2. The molecule has 6 heteroatoms. The van der Waals surface area contributed by atoms with Crippen LogP contribution in [0, 0.1) is 11.3 Å². The highest BCUT2D eigenvalue weighted by atomic mass is 16.3. The molecular formula is C20H31N3O3. The predicted octanol–water partition coefficient (Wildman–Crippen LogP) is 2.37. The fraction of sp³-hybridized carbons (Fsp3) is 0.700. The number of likely N-dealkylation sites (tertiary alicyclic amines) is 2. The van der Waals surface area contributed by atoms with Gasteiger partial charge in [-0.2, -0.15) is 0 Å². The highest BCUT2D eigenvalue weighted by Gasteiger charge is 2.36. The average Bonchev–Trinajstić information content (AvgIpc) is 3.14. The van der Waals surface area contributed by atoms with Gasteiger partial charge in [-0.05, 0) is 50.8 Å². The summed E-state index contributed by atoms with van der Waals surface area (Å²) in [5.41, 5.74) is 0.802. The van der Waals surface area contributed by atoms with E-state index < -0.39 is 0 Å². The van der Waals surface area contributed by atoms with Crippen molar-refractivity contribution >= 4 is 11.8 Å². The third-order valence-corrected chi connectivity index (χ3v) is 6.16. The first-order chi connectivity index (χ1) is 12.4. The van der Waals surface area contributed by atoms with Crippen LogP contribution in [-0.4, -0.2) is 60.9 Å². The molecule has 2 fully saturated rings. The van der Waals surface area contributed by atoms with Crippen molar-refractivity contribution in [2.75, 3.05) is 33.2 Å². The normalized spacial score (nSPS) is 24.4. The van der Waals surface area contributed by atoms with Crippen molar-refractivity contribution in [1.82, 2.24) is 15.1 Å². The molecule has 2 aliphatic rings. The molecule has 144 valence electrons.